The summed E-state index contributed by atoms with van der Waals surface area (Å²) >= 11 is 5.61. The van der Waals surface area contributed by atoms with Crippen LogP contribution in [0.25, 0.3) is 22.2 Å². The van der Waals surface area contributed by atoms with Crippen molar-refractivity contribution < 1.29 is 29.1 Å². The van der Waals surface area contributed by atoms with E-state index in [1.807, 2.05) is 0 Å². The SMILES string of the molecule is Nc1nc2c(ncn2[C@@H]2O[C@H](CCO)C[C@H]2P(O)(=S)OC[C@H]2O[C@@H](n3ccc4c(N)ncnc43)C[C@@H]2O)c(=O)[nH]1. The van der Waals surface area contributed by atoms with E-state index in [0.717, 1.165) is 0 Å². The Hall–Kier alpha value is -3.02. The average Bonchev–Trinajstić information content (AvgIpc) is 3.68. The molecule has 0 radical (unpaired) electrons. The minimum absolute atomic E-state index is 0.0485. The van der Waals surface area contributed by atoms with Gasteiger partial charge in [-0.1, -0.05) is 0 Å². The van der Waals surface area contributed by atoms with Crippen molar-refractivity contribution in [1.82, 2.24) is 34.1 Å². The van der Waals surface area contributed by atoms with Crippen molar-refractivity contribution >= 4 is 52.3 Å². The van der Waals surface area contributed by atoms with Gasteiger partial charge in [-0.3, -0.25) is 14.3 Å². The minimum Gasteiger partial charge on any atom is -0.396 e. The lowest BCUT2D eigenvalue weighted by atomic mass is 10.2. The summed E-state index contributed by atoms with van der Waals surface area (Å²) in [4.78, 5) is 42.7. The molecule has 7 atom stereocenters. The summed E-state index contributed by atoms with van der Waals surface area (Å²) in [6, 6.07) is 1.77. The van der Waals surface area contributed by atoms with Gasteiger partial charge in [-0.15, -0.1) is 0 Å². The van der Waals surface area contributed by atoms with Crippen LogP contribution in [0.4, 0.5) is 11.8 Å². The van der Waals surface area contributed by atoms with Crippen LogP contribution in [0.15, 0.2) is 29.7 Å². The first-order valence-corrected chi connectivity index (χ1v) is 15.3. The number of nitrogens with two attached hydrogens (primary N) is 2. The Labute approximate surface area is 231 Å². The molecule has 2 fully saturated rings. The van der Waals surface area contributed by atoms with E-state index in [1.54, 1.807) is 16.8 Å². The van der Waals surface area contributed by atoms with Gasteiger partial charge in [0.1, 0.15) is 36.4 Å². The standard InChI is InChI=1S/C22H28N9O7PS/c23-17-11-1-3-30(18(11)26-8-25-17)15-6-12(33)13(38-15)7-36-39(35,40)14-5-10(2-4-32)37-21(14)31-9-27-16-19(31)28-22(24)29-20(16)34/h1,3,8-10,12-15,21,32-33H,2,4-7H2,(H,35,40)(H2,23,25,26)(H3,24,28,29,34)/t10-,12+,13-,14-,15-,21-,39?/m1/s1. The van der Waals surface area contributed by atoms with Crippen LogP contribution in [0.5, 0.6) is 0 Å². The van der Waals surface area contributed by atoms with Gasteiger partial charge in [0.2, 0.25) is 5.95 Å². The monoisotopic (exact) mass is 593 g/mol. The van der Waals surface area contributed by atoms with Gasteiger partial charge in [-0.2, -0.15) is 4.98 Å². The third-order valence-electron chi connectivity index (χ3n) is 7.24. The first-order chi connectivity index (χ1) is 19.2. The largest absolute Gasteiger partial charge is 0.396 e. The number of aliphatic hydroxyl groups is 2. The highest BCUT2D eigenvalue weighted by Gasteiger charge is 2.46. The Kier molecular flexibility index (Phi) is 7.08. The summed E-state index contributed by atoms with van der Waals surface area (Å²) in [7, 11) is 0. The first-order valence-electron chi connectivity index (χ1n) is 12.5. The fourth-order valence-electron chi connectivity index (χ4n) is 5.27. The number of H-pyrrole nitrogens is 1. The van der Waals surface area contributed by atoms with Crippen LogP contribution in [0, 0.1) is 0 Å². The maximum absolute atomic E-state index is 12.3. The molecule has 214 valence electrons. The molecular weight excluding hydrogens is 565 g/mol. The van der Waals surface area contributed by atoms with E-state index in [2.05, 4.69) is 24.9 Å². The molecule has 8 N–H and O–H groups in total. The van der Waals surface area contributed by atoms with Crippen LogP contribution < -0.4 is 17.0 Å². The fraction of sp³-hybridized carbons (Fsp3) is 0.500. The van der Waals surface area contributed by atoms with Crippen LogP contribution in [0.2, 0.25) is 0 Å². The van der Waals surface area contributed by atoms with Gasteiger partial charge >= 0.3 is 0 Å². The second-order valence-electron chi connectivity index (χ2n) is 9.75. The number of hydrogen-bond acceptors (Lipinski definition) is 13. The summed E-state index contributed by atoms with van der Waals surface area (Å²) in [6.07, 6.45) is 1.78. The summed E-state index contributed by atoms with van der Waals surface area (Å²) in [6.45, 7) is -3.92. The molecule has 0 aliphatic carbocycles. The molecule has 0 aromatic carbocycles. The molecular formula is C22H28N9O7PS. The number of anilines is 2. The number of aromatic nitrogens is 7. The number of nitrogen functional groups attached to an aromatic ring is 2. The van der Waals surface area contributed by atoms with E-state index in [-0.39, 0.29) is 43.2 Å². The molecule has 2 aliphatic heterocycles. The summed E-state index contributed by atoms with van der Waals surface area (Å²) in [5, 5.41) is 20.9. The minimum atomic E-state index is -3.61. The molecule has 2 aliphatic rings. The zero-order valence-corrected chi connectivity index (χ0v) is 22.7. The van der Waals surface area contributed by atoms with Crippen LogP contribution in [-0.2, 0) is 25.8 Å². The molecule has 6 rings (SSSR count). The first kappa shape index (κ1) is 27.2. The van der Waals surface area contributed by atoms with Crippen LogP contribution in [-0.4, -0.2) is 86.3 Å². The van der Waals surface area contributed by atoms with Gasteiger partial charge in [0.15, 0.2) is 17.7 Å². The second kappa shape index (κ2) is 10.4. The predicted molar refractivity (Wildman–Crippen MR) is 146 cm³/mol. The molecule has 40 heavy (non-hydrogen) atoms. The molecule has 2 saturated heterocycles. The highest BCUT2D eigenvalue weighted by molar-refractivity contribution is 8.09. The van der Waals surface area contributed by atoms with Crippen molar-refractivity contribution in [2.45, 2.75) is 55.7 Å². The Morgan fingerprint density at radius 3 is 2.83 bits per heavy atom. The van der Waals surface area contributed by atoms with Gasteiger partial charge in [0.05, 0.1) is 36.2 Å². The lowest BCUT2D eigenvalue weighted by molar-refractivity contribution is -0.0389. The van der Waals surface area contributed by atoms with Gasteiger partial charge in [-0.25, -0.2) is 15.0 Å². The quantitative estimate of drug-likeness (QED) is 0.144. The number of aromatic amines is 1. The Morgan fingerprint density at radius 2 is 2.02 bits per heavy atom. The van der Waals surface area contributed by atoms with Crippen molar-refractivity contribution in [3.63, 3.8) is 0 Å². The van der Waals surface area contributed by atoms with E-state index in [1.165, 1.54) is 17.2 Å². The molecule has 0 spiro atoms. The lowest BCUT2D eigenvalue weighted by Crippen LogP contribution is -2.28. The van der Waals surface area contributed by atoms with E-state index >= 15 is 0 Å². The number of imidazole rings is 1. The lowest BCUT2D eigenvalue weighted by Gasteiger charge is -2.28. The number of ether oxygens (including phenoxy) is 2. The number of nitrogens with zero attached hydrogens (tertiary/aromatic N) is 6. The van der Waals surface area contributed by atoms with E-state index in [4.69, 9.17) is 37.3 Å². The molecule has 4 aromatic heterocycles. The maximum Gasteiger partial charge on any atom is 0.280 e. The zero-order chi connectivity index (χ0) is 28.2. The van der Waals surface area contributed by atoms with Crippen molar-refractivity contribution in [3.8, 4) is 0 Å². The molecule has 0 bridgehead atoms. The van der Waals surface area contributed by atoms with Gasteiger partial charge in [-0.05, 0) is 30.7 Å². The molecule has 0 saturated carbocycles. The predicted octanol–water partition coefficient (Wildman–Crippen LogP) is -0.266. The molecule has 0 amide bonds. The maximum atomic E-state index is 12.3. The van der Waals surface area contributed by atoms with E-state index < -0.39 is 48.5 Å². The molecule has 1 unspecified atom stereocenters. The van der Waals surface area contributed by atoms with Crippen LogP contribution >= 0.6 is 6.49 Å². The average molecular weight is 594 g/mol. The summed E-state index contributed by atoms with van der Waals surface area (Å²) in [5.41, 5.74) is 11.2. The number of hydrogen-bond donors (Lipinski definition) is 6. The van der Waals surface area contributed by atoms with Crippen molar-refractivity contribution in [3.05, 3.63) is 35.3 Å². The third-order valence-corrected chi connectivity index (χ3v) is 10.2. The number of nitrogens with one attached hydrogen (secondary N) is 1. The van der Waals surface area contributed by atoms with Crippen molar-refractivity contribution in [2.75, 3.05) is 24.7 Å². The van der Waals surface area contributed by atoms with Crippen molar-refractivity contribution in [1.29, 1.82) is 0 Å². The number of aliphatic hydroxyl groups excluding tert-OH is 2. The summed E-state index contributed by atoms with van der Waals surface area (Å²) < 4.78 is 21.4. The van der Waals surface area contributed by atoms with Gasteiger partial charge < -0.3 is 45.1 Å². The zero-order valence-electron chi connectivity index (χ0n) is 21.0. The van der Waals surface area contributed by atoms with Crippen LogP contribution in [0.1, 0.15) is 31.7 Å². The van der Waals surface area contributed by atoms with E-state index in [9.17, 15) is 19.9 Å². The highest BCUT2D eigenvalue weighted by atomic mass is 32.5. The smallest absolute Gasteiger partial charge is 0.280 e. The molecule has 18 heteroatoms. The molecule has 6 heterocycles. The Balaban J connectivity index is 1.21. The molecule has 16 nitrogen and oxygen atoms in total. The number of rotatable bonds is 8. The Morgan fingerprint density at radius 1 is 1.20 bits per heavy atom. The number of fused-ring (bicyclic) bond motifs is 2. The Bertz CT molecular complexity index is 1660. The van der Waals surface area contributed by atoms with Gasteiger partial charge in [0.25, 0.3) is 5.56 Å². The second-order valence-corrected chi connectivity index (χ2v) is 13.4. The van der Waals surface area contributed by atoms with Crippen molar-refractivity contribution in [2.24, 2.45) is 0 Å². The normalized spacial score (nSPS) is 28.5. The fourth-order valence-corrected chi connectivity index (χ4v) is 7.61. The topological polar surface area (TPSA) is 235 Å². The summed E-state index contributed by atoms with van der Waals surface area (Å²) in [5.74, 6) is 0.232. The van der Waals surface area contributed by atoms with Crippen LogP contribution in [0.3, 0.4) is 0 Å². The van der Waals surface area contributed by atoms with Gasteiger partial charge in [0, 0.05) is 19.2 Å². The third kappa shape index (κ3) is 4.77. The highest BCUT2D eigenvalue weighted by Crippen LogP contribution is 2.58. The van der Waals surface area contributed by atoms with E-state index in [0.29, 0.717) is 23.3 Å². The molecule has 4 aromatic rings.